The van der Waals surface area contributed by atoms with Crippen LogP contribution in [0.15, 0.2) is 30.3 Å². The fraction of sp³-hybridized carbons (Fsp3) is 0.533. The van der Waals surface area contributed by atoms with Crippen LogP contribution in [0.25, 0.3) is 0 Å². The second-order valence-corrected chi connectivity index (χ2v) is 4.96. The Morgan fingerprint density at radius 3 is 2.67 bits per heavy atom. The van der Waals surface area contributed by atoms with Gasteiger partial charge in [-0.2, -0.15) is 5.26 Å². The molecule has 3 unspecified atom stereocenters. The highest BCUT2D eigenvalue weighted by molar-refractivity contribution is 5.25. The van der Waals surface area contributed by atoms with Gasteiger partial charge in [-0.1, -0.05) is 43.2 Å². The van der Waals surface area contributed by atoms with Crippen LogP contribution in [0, 0.1) is 11.3 Å². The second kappa shape index (κ2) is 6.53. The molecule has 1 aromatic rings. The van der Waals surface area contributed by atoms with E-state index in [1.165, 1.54) is 0 Å². The first kappa shape index (κ1) is 13.1. The molecule has 0 heterocycles. The lowest BCUT2D eigenvalue weighted by Gasteiger charge is -2.29. The molecular formula is C15H20N2O. The molecule has 0 spiro atoms. The van der Waals surface area contributed by atoms with Crippen LogP contribution in [0.2, 0.25) is 0 Å². The highest BCUT2D eigenvalue weighted by atomic mass is 16.3. The van der Waals surface area contributed by atoms with Gasteiger partial charge in [-0.15, -0.1) is 0 Å². The lowest BCUT2D eigenvalue weighted by atomic mass is 9.91. The van der Waals surface area contributed by atoms with Crippen molar-refractivity contribution in [3.8, 4) is 6.07 Å². The summed E-state index contributed by atoms with van der Waals surface area (Å²) in [6.07, 6.45) is 3.90. The van der Waals surface area contributed by atoms with Gasteiger partial charge in [-0.3, -0.25) is 0 Å². The summed E-state index contributed by atoms with van der Waals surface area (Å²) in [6, 6.07) is 12.3. The van der Waals surface area contributed by atoms with E-state index < -0.39 is 0 Å². The van der Waals surface area contributed by atoms with Crippen molar-refractivity contribution < 1.29 is 5.11 Å². The van der Waals surface area contributed by atoms with Crippen molar-refractivity contribution >= 4 is 0 Å². The van der Waals surface area contributed by atoms with Crippen LogP contribution in [-0.2, 0) is 0 Å². The van der Waals surface area contributed by atoms with Gasteiger partial charge in [-0.25, -0.2) is 0 Å². The standard InChI is InChI=1S/C15H20N2O/c16-10-13(12-6-2-1-3-7-12)11-17-14-8-4-5-9-15(14)18/h1-3,6-7,13-15,17-18H,4-5,8-9,11H2. The van der Waals surface area contributed by atoms with E-state index in [2.05, 4.69) is 11.4 Å². The Morgan fingerprint density at radius 1 is 1.28 bits per heavy atom. The van der Waals surface area contributed by atoms with Gasteiger partial charge in [0.1, 0.15) is 0 Å². The third kappa shape index (κ3) is 3.32. The molecule has 0 amide bonds. The molecule has 3 atom stereocenters. The molecule has 1 fully saturated rings. The summed E-state index contributed by atoms with van der Waals surface area (Å²) >= 11 is 0. The Balaban J connectivity index is 1.90. The van der Waals surface area contributed by atoms with Crippen LogP contribution < -0.4 is 5.32 Å². The van der Waals surface area contributed by atoms with Gasteiger partial charge in [0.25, 0.3) is 0 Å². The summed E-state index contributed by atoms with van der Waals surface area (Å²) in [7, 11) is 0. The molecule has 1 aromatic carbocycles. The summed E-state index contributed by atoms with van der Waals surface area (Å²) in [4.78, 5) is 0. The number of hydrogen-bond acceptors (Lipinski definition) is 3. The van der Waals surface area contributed by atoms with Crippen LogP contribution in [0.4, 0.5) is 0 Å². The lowest BCUT2D eigenvalue weighted by molar-refractivity contribution is 0.0909. The molecule has 18 heavy (non-hydrogen) atoms. The van der Waals surface area contributed by atoms with Crippen molar-refractivity contribution in [2.45, 2.75) is 43.7 Å². The van der Waals surface area contributed by atoms with Crippen LogP contribution in [0.5, 0.6) is 0 Å². The van der Waals surface area contributed by atoms with Crippen molar-refractivity contribution in [2.24, 2.45) is 0 Å². The van der Waals surface area contributed by atoms with Crippen molar-refractivity contribution in [1.82, 2.24) is 5.32 Å². The van der Waals surface area contributed by atoms with Gasteiger partial charge in [0.05, 0.1) is 18.1 Å². The first-order chi connectivity index (χ1) is 8.81. The normalized spacial score (nSPS) is 25.3. The number of hydrogen-bond donors (Lipinski definition) is 2. The minimum absolute atomic E-state index is 0.139. The molecule has 3 nitrogen and oxygen atoms in total. The summed E-state index contributed by atoms with van der Waals surface area (Å²) in [6.45, 7) is 0.613. The van der Waals surface area contributed by atoms with Gasteiger partial charge in [-0.05, 0) is 18.4 Å². The van der Waals surface area contributed by atoms with Crippen molar-refractivity contribution in [3.63, 3.8) is 0 Å². The third-order valence-electron chi connectivity index (χ3n) is 3.67. The van der Waals surface area contributed by atoms with Gasteiger partial charge >= 0.3 is 0 Å². The number of nitrogens with zero attached hydrogens (tertiary/aromatic N) is 1. The molecule has 2 rings (SSSR count). The molecule has 2 N–H and O–H groups in total. The average molecular weight is 244 g/mol. The number of nitrogens with one attached hydrogen (secondary N) is 1. The predicted octanol–water partition coefficient (Wildman–Crippen LogP) is 2.19. The maximum Gasteiger partial charge on any atom is 0.0837 e. The van der Waals surface area contributed by atoms with Gasteiger partial charge in [0, 0.05) is 12.6 Å². The minimum atomic E-state index is -0.256. The zero-order valence-electron chi connectivity index (χ0n) is 10.5. The molecule has 0 aliphatic heterocycles. The fourth-order valence-corrected chi connectivity index (χ4v) is 2.54. The van der Waals surface area contributed by atoms with E-state index in [0.29, 0.717) is 6.54 Å². The van der Waals surface area contributed by atoms with E-state index in [1.807, 2.05) is 30.3 Å². The van der Waals surface area contributed by atoms with Crippen molar-refractivity contribution in [3.05, 3.63) is 35.9 Å². The average Bonchev–Trinajstić information content (AvgIpc) is 2.42. The molecular weight excluding hydrogens is 224 g/mol. The zero-order chi connectivity index (χ0) is 12.8. The Hall–Kier alpha value is -1.37. The Labute approximate surface area is 108 Å². The maximum atomic E-state index is 9.88. The molecule has 96 valence electrons. The third-order valence-corrected chi connectivity index (χ3v) is 3.67. The Bertz CT molecular complexity index is 399. The van der Waals surface area contributed by atoms with E-state index in [0.717, 1.165) is 31.2 Å². The van der Waals surface area contributed by atoms with Crippen LogP contribution in [0.1, 0.15) is 37.2 Å². The zero-order valence-corrected chi connectivity index (χ0v) is 10.5. The number of rotatable bonds is 4. The maximum absolute atomic E-state index is 9.88. The van der Waals surface area contributed by atoms with Gasteiger partial charge < -0.3 is 10.4 Å². The number of aliphatic hydroxyl groups excluding tert-OH is 1. The highest BCUT2D eigenvalue weighted by Gasteiger charge is 2.23. The molecule has 0 bridgehead atoms. The van der Waals surface area contributed by atoms with E-state index in [9.17, 15) is 10.4 Å². The number of aliphatic hydroxyl groups is 1. The molecule has 1 saturated carbocycles. The molecule has 1 aliphatic rings. The molecule has 0 radical (unpaired) electrons. The quantitative estimate of drug-likeness (QED) is 0.853. The smallest absolute Gasteiger partial charge is 0.0837 e. The first-order valence-corrected chi connectivity index (χ1v) is 6.67. The van der Waals surface area contributed by atoms with E-state index >= 15 is 0 Å². The summed E-state index contributed by atoms with van der Waals surface area (Å²) < 4.78 is 0. The SMILES string of the molecule is N#CC(CNC1CCCCC1O)c1ccccc1. The summed E-state index contributed by atoms with van der Waals surface area (Å²) in [5, 5.41) is 22.5. The van der Waals surface area contributed by atoms with Crippen LogP contribution in [-0.4, -0.2) is 23.8 Å². The van der Waals surface area contributed by atoms with E-state index in [1.54, 1.807) is 0 Å². The molecule has 0 saturated heterocycles. The fourth-order valence-electron chi connectivity index (χ4n) is 2.54. The van der Waals surface area contributed by atoms with Gasteiger partial charge in [0.15, 0.2) is 0 Å². The first-order valence-electron chi connectivity index (χ1n) is 6.67. The highest BCUT2D eigenvalue weighted by Crippen LogP contribution is 2.20. The van der Waals surface area contributed by atoms with Gasteiger partial charge in [0.2, 0.25) is 0 Å². The second-order valence-electron chi connectivity index (χ2n) is 4.96. The van der Waals surface area contributed by atoms with E-state index in [-0.39, 0.29) is 18.1 Å². The predicted molar refractivity (Wildman–Crippen MR) is 71.1 cm³/mol. The number of nitriles is 1. The van der Waals surface area contributed by atoms with Crippen LogP contribution in [0.3, 0.4) is 0 Å². The largest absolute Gasteiger partial charge is 0.392 e. The van der Waals surface area contributed by atoms with Crippen molar-refractivity contribution in [1.29, 1.82) is 5.26 Å². The molecule has 1 aliphatic carbocycles. The molecule has 3 heteroatoms. The lowest BCUT2D eigenvalue weighted by Crippen LogP contribution is -2.43. The summed E-state index contributed by atoms with van der Waals surface area (Å²) in [5.41, 5.74) is 1.04. The monoisotopic (exact) mass is 244 g/mol. The minimum Gasteiger partial charge on any atom is -0.392 e. The topological polar surface area (TPSA) is 56.0 Å². The Morgan fingerprint density at radius 2 is 2.00 bits per heavy atom. The van der Waals surface area contributed by atoms with Crippen LogP contribution >= 0.6 is 0 Å². The van der Waals surface area contributed by atoms with E-state index in [4.69, 9.17) is 0 Å². The van der Waals surface area contributed by atoms with Crippen molar-refractivity contribution in [2.75, 3.05) is 6.54 Å². The summed E-state index contributed by atoms with van der Waals surface area (Å²) in [5.74, 6) is -0.139. The number of benzene rings is 1. The molecule has 0 aromatic heterocycles. The Kier molecular flexibility index (Phi) is 4.74.